The highest BCUT2D eigenvalue weighted by atomic mass is 16.6. The minimum atomic E-state index is -1.21. The lowest BCUT2D eigenvalue weighted by molar-refractivity contribution is -0.0511. The molecule has 0 bridgehead atoms. The Labute approximate surface area is 148 Å². The van der Waals surface area contributed by atoms with Crippen LogP contribution < -0.4 is 4.74 Å². The molecule has 0 aliphatic carbocycles. The molecule has 1 fully saturated rings. The smallest absolute Gasteiger partial charge is 0.166 e. The second-order valence-electron chi connectivity index (χ2n) is 6.01. The van der Waals surface area contributed by atoms with E-state index in [-0.39, 0.29) is 0 Å². The van der Waals surface area contributed by atoms with Crippen LogP contribution in [-0.2, 0) is 4.74 Å². The van der Waals surface area contributed by atoms with Gasteiger partial charge in [0, 0.05) is 5.56 Å². The topological polar surface area (TPSA) is 123 Å². The van der Waals surface area contributed by atoms with Crippen LogP contribution in [0.25, 0.3) is 22.4 Å². The summed E-state index contributed by atoms with van der Waals surface area (Å²) in [4.78, 5) is 12.9. The SMILES string of the molecule is COc1cccc(-c2ncnc3c2ncn3C2O[C@H](CO)[C@@H](O)[C@H]2O)c1. The van der Waals surface area contributed by atoms with Crippen molar-refractivity contribution in [2.75, 3.05) is 13.7 Å². The van der Waals surface area contributed by atoms with E-state index in [1.807, 2.05) is 24.3 Å². The molecule has 4 atom stereocenters. The first-order valence-corrected chi connectivity index (χ1v) is 8.08. The lowest BCUT2D eigenvalue weighted by Crippen LogP contribution is -2.33. The third-order valence-corrected chi connectivity index (χ3v) is 4.49. The third kappa shape index (κ3) is 2.61. The normalized spacial score (nSPS) is 25.7. The molecule has 1 aromatic carbocycles. The van der Waals surface area contributed by atoms with Crippen molar-refractivity contribution in [2.45, 2.75) is 24.5 Å². The van der Waals surface area contributed by atoms with Crippen LogP contribution in [0.5, 0.6) is 5.75 Å². The fourth-order valence-electron chi connectivity index (χ4n) is 3.13. The number of imidazole rings is 1. The van der Waals surface area contributed by atoms with Crippen molar-refractivity contribution in [2.24, 2.45) is 0 Å². The van der Waals surface area contributed by atoms with E-state index in [1.165, 1.54) is 17.2 Å². The summed E-state index contributed by atoms with van der Waals surface area (Å²) in [5.74, 6) is 0.692. The minimum Gasteiger partial charge on any atom is -0.497 e. The minimum absolute atomic E-state index is 0.397. The first-order valence-electron chi connectivity index (χ1n) is 8.08. The van der Waals surface area contributed by atoms with Crippen molar-refractivity contribution in [3.63, 3.8) is 0 Å². The summed E-state index contributed by atoms with van der Waals surface area (Å²) in [5.41, 5.74) is 2.40. The number of hydrogen-bond acceptors (Lipinski definition) is 8. The fourth-order valence-corrected chi connectivity index (χ4v) is 3.13. The van der Waals surface area contributed by atoms with E-state index in [2.05, 4.69) is 15.0 Å². The van der Waals surface area contributed by atoms with Crippen molar-refractivity contribution < 1.29 is 24.8 Å². The van der Waals surface area contributed by atoms with E-state index in [0.29, 0.717) is 22.6 Å². The lowest BCUT2D eigenvalue weighted by Gasteiger charge is -2.16. The molecule has 136 valence electrons. The van der Waals surface area contributed by atoms with Gasteiger partial charge < -0.3 is 24.8 Å². The van der Waals surface area contributed by atoms with Gasteiger partial charge in [0.25, 0.3) is 0 Å². The summed E-state index contributed by atoms with van der Waals surface area (Å²) in [6.07, 6.45) is -1.30. The van der Waals surface area contributed by atoms with Gasteiger partial charge in [-0.1, -0.05) is 12.1 Å². The molecule has 3 N–H and O–H groups in total. The van der Waals surface area contributed by atoms with Gasteiger partial charge in [-0.05, 0) is 12.1 Å². The van der Waals surface area contributed by atoms with Crippen LogP contribution in [-0.4, -0.2) is 66.9 Å². The van der Waals surface area contributed by atoms with Gasteiger partial charge in [-0.15, -0.1) is 0 Å². The number of methoxy groups -OCH3 is 1. The largest absolute Gasteiger partial charge is 0.497 e. The number of aliphatic hydroxyl groups excluding tert-OH is 3. The number of nitrogens with zero attached hydrogens (tertiary/aromatic N) is 4. The number of rotatable bonds is 4. The molecule has 0 spiro atoms. The van der Waals surface area contributed by atoms with Gasteiger partial charge in [0.2, 0.25) is 0 Å². The average Bonchev–Trinajstić information content (AvgIpc) is 3.23. The van der Waals surface area contributed by atoms with Crippen molar-refractivity contribution in [1.29, 1.82) is 0 Å². The van der Waals surface area contributed by atoms with E-state index in [4.69, 9.17) is 9.47 Å². The maximum atomic E-state index is 10.3. The second kappa shape index (κ2) is 6.61. The van der Waals surface area contributed by atoms with Gasteiger partial charge in [-0.3, -0.25) is 4.57 Å². The molecule has 0 amide bonds. The molecule has 1 saturated heterocycles. The fraction of sp³-hybridized carbons (Fsp3) is 0.353. The predicted octanol–water partition coefficient (Wildman–Crippen LogP) is 0.113. The molecule has 1 unspecified atom stereocenters. The maximum absolute atomic E-state index is 10.3. The zero-order chi connectivity index (χ0) is 18.3. The zero-order valence-corrected chi connectivity index (χ0v) is 13.9. The molecule has 1 aliphatic heterocycles. The Bertz CT molecular complexity index is 930. The summed E-state index contributed by atoms with van der Waals surface area (Å²) in [6, 6.07) is 7.41. The molecule has 2 aromatic heterocycles. The van der Waals surface area contributed by atoms with Gasteiger partial charge in [-0.2, -0.15) is 0 Å². The molecule has 9 heteroatoms. The number of hydrogen-bond donors (Lipinski definition) is 3. The van der Waals surface area contributed by atoms with E-state index in [9.17, 15) is 15.3 Å². The van der Waals surface area contributed by atoms with Gasteiger partial charge in [0.15, 0.2) is 11.9 Å². The van der Waals surface area contributed by atoms with Crippen molar-refractivity contribution >= 4 is 11.2 Å². The Hall–Kier alpha value is -2.59. The third-order valence-electron chi connectivity index (χ3n) is 4.49. The van der Waals surface area contributed by atoms with E-state index >= 15 is 0 Å². The van der Waals surface area contributed by atoms with Crippen LogP contribution in [0.1, 0.15) is 6.23 Å². The van der Waals surface area contributed by atoms with Crippen LogP contribution in [0.4, 0.5) is 0 Å². The Kier molecular flexibility index (Phi) is 4.29. The Morgan fingerprint density at radius 2 is 2.04 bits per heavy atom. The molecule has 3 heterocycles. The van der Waals surface area contributed by atoms with Crippen LogP contribution >= 0.6 is 0 Å². The van der Waals surface area contributed by atoms with Crippen LogP contribution in [0.2, 0.25) is 0 Å². The molecule has 0 radical (unpaired) electrons. The average molecular weight is 358 g/mol. The van der Waals surface area contributed by atoms with Crippen LogP contribution in [0, 0.1) is 0 Å². The van der Waals surface area contributed by atoms with Crippen molar-refractivity contribution in [3.05, 3.63) is 36.9 Å². The van der Waals surface area contributed by atoms with Gasteiger partial charge in [0.1, 0.15) is 41.6 Å². The van der Waals surface area contributed by atoms with Gasteiger partial charge in [-0.25, -0.2) is 15.0 Å². The van der Waals surface area contributed by atoms with E-state index in [1.54, 1.807) is 7.11 Å². The van der Waals surface area contributed by atoms with Crippen molar-refractivity contribution in [3.8, 4) is 17.0 Å². The second-order valence-corrected chi connectivity index (χ2v) is 6.01. The molecule has 26 heavy (non-hydrogen) atoms. The number of benzene rings is 1. The standard InChI is InChI=1S/C17H18N4O5/c1-25-10-4-2-3-9(5-10)12-13-16(19-7-18-12)21(8-20-13)17-15(24)14(23)11(6-22)26-17/h2-5,7-8,11,14-15,17,22-24H,6H2,1H3/t11-,14-,15-,17?/m1/s1. The number of aliphatic hydroxyl groups is 3. The molecular formula is C17H18N4O5. The Morgan fingerprint density at radius 1 is 1.19 bits per heavy atom. The zero-order valence-electron chi connectivity index (χ0n) is 13.9. The summed E-state index contributed by atoms with van der Waals surface area (Å²) >= 11 is 0. The Balaban J connectivity index is 1.78. The molecule has 0 saturated carbocycles. The van der Waals surface area contributed by atoms with Gasteiger partial charge >= 0.3 is 0 Å². The predicted molar refractivity (Wildman–Crippen MR) is 90.3 cm³/mol. The summed E-state index contributed by atoms with van der Waals surface area (Å²) in [6.45, 7) is -0.397. The highest BCUT2D eigenvalue weighted by molar-refractivity contribution is 5.87. The molecule has 3 aromatic rings. The molecular weight excluding hydrogens is 340 g/mol. The first kappa shape index (κ1) is 16.9. The Morgan fingerprint density at radius 3 is 2.77 bits per heavy atom. The molecule has 1 aliphatic rings. The highest BCUT2D eigenvalue weighted by Gasteiger charge is 2.44. The number of aromatic nitrogens is 4. The van der Waals surface area contributed by atoms with Crippen LogP contribution in [0.3, 0.4) is 0 Å². The van der Waals surface area contributed by atoms with Crippen LogP contribution in [0.15, 0.2) is 36.9 Å². The quantitative estimate of drug-likeness (QED) is 0.601. The summed E-state index contributed by atoms with van der Waals surface area (Å²) in [7, 11) is 1.59. The number of ether oxygens (including phenoxy) is 2. The summed E-state index contributed by atoms with van der Waals surface area (Å²) in [5, 5.41) is 29.5. The first-order chi connectivity index (χ1) is 12.6. The van der Waals surface area contributed by atoms with E-state index < -0.39 is 31.1 Å². The number of fused-ring (bicyclic) bond motifs is 1. The lowest BCUT2D eigenvalue weighted by atomic mass is 10.1. The van der Waals surface area contributed by atoms with Crippen molar-refractivity contribution in [1.82, 2.24) is 19.5 Å². The monoisotopic (exact) mass is 358 g/mol. The summed E-state index contributed by atoms with van der Waals surface area (Å²) < 4.78 is 12.3. The highest BCUT2D eigenvalue weighted by Crippen LogP contribution is 2.33. The van der Waals surface area contributed by atoms with E-state index in [0.717, 1.165) is 5.56 Å². The van der Waals surface area contributed by atoms with Gasteiger partial charge in [0.05, 0.1) is 20.0 Å². The maximum Gasteiger partial charge on any atom is 0.166 e. The molecule has 4 rings (SSSR count). The molecule has 9 nitrogen and oxygen atoms in total.